The van der Waals surface area contributed by atoms with Crippen molar-refractivity contribution in [3.05, 3.63) is 41.5 Å². The molecule has 0 atom stereocenters. The minimum Gasteiger partial charge on any atom is -0.378 e. The first kappa shape index (κ1) is 23.8. The Morgan fingerprint density at radius 3 is 2.52 bits per heavy atom. The Hall–Kier alpha value is -1.49. The lowest BCUT2D eigenvalue weighted by Crippen LogP contribution is -2.42. The lowest BCUT2D eigenvalue weighted by molar-refractivity contribution is -0.138. The first-order valence-corrected chi connectivity index (χ1v) is 9.70. The van der Waals surface area contributed by atoms with Crippen molar-refractivity contribution in [2.45, 2.75) is 38.5 Å². The number of nitrogens with zero attached hydrogens (tertiary/aromatic N) is 2. The fourth-order valence-electron chi connectivity index (χ4n) is 3.40. The molecule has 162 valence electrons. The van der Waals surface area contributed by atoms with Crippen molar-refractivity contribution >= 4 is 35.6 Å². The van der Waals surface area contributed by atoms with Crippen LogP contribution in [0.3, 0.4) is 0 Å². The van der Waals surface area contributed by atoms with Crippen LogP contribution in [-0.2, 0) is 17.5 Å². The monoisotopic (exact) mass is 524 g/mol. The summed E-state index contributed by atoms with van der Waals surface area (Å²) in [5.41, 5.74) is 0.121. The number of guanidine groups is 1. The van der Waals surface area contributed by atoms with Crippen LogP contribution in [0.25, 0.3) is 0 Å². The number of ether oxygens (including phenoxy) is 1. The lowest BCUT2D eigenvalue weighted by atomic mass is 10.1. The van der Waals surface area contributed by atoms with E-state index >= 15 is 0 Å². The van der Waals surface area contributed by atoms with Crippen LogP contribution in [0, 0.1) is 0 Å². The summed E-state index contributed by atoms with van der Waals surface area (Å²) < 4.78 is 46.3. The minimum absolute atomic E-state index is 0. The van der Waals surface area contributed by atoms with Gasteiger partial charge >= 0.3 is 6.18 Å². The molecule has 29 heavy (non-hydrogen) atoms. The first-order valence-electron chi connectivity index (χ1n) is 9.70. The highest BCUT2D eigenvalue weighted by atomic mass is 127. The van der Waals surface area contributed by atoms with Gasteiger partial charge < -0.3 is 20.3 Å². The fourth-order valence-corrected chi connectivity index (χ4v) is 3.40. The molecule has 0 unspecified atom stereocenters. The Balaban J connectivity index is 0.00000300. The van der Waals surface area contributed by atoms with Crippen molar-refractivity contribution in [1.82, 2.24) is 10.6 Å². The van der Waals surface area contributed by atoms with Gasteiger partial charge in [-0.25, -0.2) is 4.99 Å². The molecule has 5 nitrogen and oxygen atoms in total. The zero-order valence-electron chi connectivity index (χ0n) is 16.5. The molecule has 1 heterocycles. The zero-order chi connectivity index (χ0) is 20.0. The van der Waals surface area contributed by atoms with E-state index in [2.05, 4.69) is 27.8 Å². The predicted octanol–water partition coefficient (Wildman–Crippen LogP) is 3.93. The number of hydrogen-bond donors (Lipinski definition) is 2. The van der Waals surface area contributed by atoms with Gasteiger partial charge in [0, 0.05) is 31.4 Å². The van der Waals surface area contributed by atoms with E-state index in [0.717, 1.165) is 12.8 Å². The van der Waals surface area contributed by atoms with E-state index in [1.165, 1.54) is 12.1 Å². The maximum atomic E-state index is 13.7. The third-order valence-electron chi connectivity index (χ3n) is 4.88. The number of hydrogen-bond acceptors (Lipinski definition) is 3. The van der Waals surface area contributed by atoms with Crippen molar-refractivity contribution in [2.75, 3.05) is 37.7 Å². The molecule has 0 amide bonds. The van der Waals surface area contributed by atoms with Gasteiger partial charge in [0.2, 0.25) is 0 Å². The summed E-state index contributed by atoms with van der Waals surface area (Å²) in [5.74, 6) is 0.543. The van der Waals surface area contributed by atoms with Gasteiger partial charge in [0.25, 0.3) is 0 Å². The first-order chi connectivity index (χ1) is 13.5. The fraction of sp³-hybridized carbons (Fsp3) is 0.550. The van der Waals surface area contributed by atoms with Gasteiger partial charge in [0.05, 0.1) is 25.3 Å². The van der Waals surface area contributed by atoms with Crippen LogP contribution in [0.2, 0.25) is 0 Å². The molecule has 0 spiro atoms. The van der Waals surface area contributed by atoms with Gasteiger partial charge in [0.15, 0.2) is 5.96 Å². The summed E-state index contributed by atoms with van der Waals surface area (Å²) in [7, 11) is 0. The highest BCUT2D eigenvalue weighted by molar-refractivity contribution is 14.0. The molecule has 1 aliphatic carbocycles. The normalized spacial score (nSPS) is 17.9. The van der Waals surface area contributed by atoms with E-state index in [1.807, 2.05) is 11.8 Å². The number of anilines is 1. The molecule has 0 radical (unpaired) electrons. The van der Waals surface area contributed by atoms with Crippen LogP contribution < -0.4 is 15.5 Å². The minimum atomic E-state index is -4.42. The molecule has 9 heteroatoms. The molecule has 2 N–H and O–H groups in total. The van der Waals surface area contributed by atoms with E-state index in [4.69, 9.17) is 4.74 Å². The second-order valence-corrected chi connectivity index (χ2v) is 6.92. The number of alkyl halides is 3. The zero-order valence-corrected chi connectivity index (χ0v) is 18.8. The molecule has 1 saturated heterocycles. The average molecular weight is 524 g/mol. The van der Waals surface area contributed by atoms with Crippen LogP contribution in [0.4, 0.5) is 18.9 Å². The average Bonchev–Trinajstić information content (AvgIpc) is 3.19. The van der Waals surface area contributed by atoms with Gasteiger partial charge in [0.1, 0.15) is 0 Å². The summed E-state index contributed by atoms with van der Waals surface area (Å²) in [6.45, 7) is 4.80. The van der Waals surface area contributed by atoms with Gasteiger partial charge in [-0.3, -0.25) is 0 Å². The molecule has 1 aromatic rings. The highest BCUT2D eigenvalue weighted by Gasteiger charge is 2.34. The van der Waals surface area contributed by atoms with Gasteiger partial charge in [-0.15, -0.1) is 24.0 Å². The summed E-state index contributed by atoms with van der Waals surface area (Å²) in [5, 5.41) is 6.39. The predicted molar refractivity (Wildman–Crippen MR) is 120 cm³/mol. The smallest absolute Gasteiger partial charge is 0.378 e. The summed E-state index contributed by atoms with van der Waals surface area (Å²) >= 11 is 0. The number of rotatable bonds is 5. The maximum absolute atomic E-state index is 13.7. The molecule has 0 bridgehead atoms. The van der Waals surface area contributed by atoms with Crippen molar-refractivity contribution in [2.24, 2.45) is 4.99 Å². The Morgan fingerprint density at radius 2 is 1.90 bits per heavy atom. The molecule has 2 aliphatic rings. The molecular formula is C20H28F3IN4O. The van der Waals surface area contributed by atoms with Crippen LogP contribution in [0.1, 0.15) is 30.9 Å². The molecule has 1 aliphatic heterocycles. The number of aliphatic imine (C=N–C) groups is 1. The second kappa shape index (κ2) is 11.1. The molecular weight excluding hydrogens is 496 g/mol. The van der Waals surface area contributed by atoms with Crippen LogP contribution in [0.15, 0.2) is 35.3 Å². The van der Waals surface area contributed by atoms with Crippen molar-refractivity contribution < 1.29 is 17.9 Å². The summed E-state index contributed by atoms with van der Waals surface area (Å²) in [6, 6.07) is 4.76. The highest BCUT2D eigenvalue weighted by Crippen LogP contribution is 2.35. The van der Waals surface area contributed by atoms with E-state index < -0.39 is 11.7 Å². The standard InChI is InChI=1S/C20H27F3N4O.HI/c1-2-24-19(26-16-5-3-4-6-16)25-14-15-7-8-17(13-18(15)20(21,22)23)27-9-11-28-12-10-27;/h3-4,7-8,13,16H,2,5-6,9-12,14H2,1H3,(H2,24,25,26);1H. The van der Waals surface area contributed by atoms with E-state index in [0.29, 0.717) is 44.5 Å². The number of benzene rings is 1. The van der Waals surface area contributed by atoms with Gasteiger partial charge in [-0.2, -0.15) is 13.2 Å². The molecule has 0 aromatic heterocycles. The van der Waals surface area contributed by atoms with Crippen LogP contribution in [-0.4, -0.2) is 44.8 Å². The SMILES string of the molecule is CCNC(=NCc1ccc(N2CCOCC2)cc1C(F)(F)F)NC1CC=CC1.I. The number of morpholine rings is 1. The second-order valence-electron chi connectivity index (χ2n) is 6.92. The molecule has 0 saturated carbocycles. The molecule has 1 fully saturated rings. The number of halogens is 4. The van der Waals surface area contributed by atoms with Crippen molar-refractivity contribution in [3.63, 3.8) is 0 Å². The maximum Gasteiger partial charge on any atom is 0.416 e. The van der Waals surface area contributed by atoms with E-state index in [9.17, 15) is 13.2 Å². The van der Waals surface area contributed by atoms with Crippen molar-refractivity contribution in [1.29, 1.82) is 0 Å². The quantitative estimate of drug-likeness (QED) is 0.265. The van der Waals surface area contributed by atoms with Crippen LogP contribution >= 0.6 is 24.0 Å². The Kier molecular flexibility index (Phi) is 9.06. The summed E-state index contributed by atoms with van der Waals surface area (Å²) in [4.78, 5) is 6.32. The largest absolute Gasteiger partial charge is 0.416 e. The van der Waals surface area contributed by atoms with Crippen LogP contribution in [0.5, 0.6) is 0 Å². The van der Waals surface area contributed by atoms with E-state index in [-0.39, 0.29) is 42.1 Å². The third kappa shape index (κ3) is 6.77. The van der Waals surface area contributed by atoms with Gasteiger partial charge in [-0.1, -0.05) is 18.2 Å². The molecule has 1 aromatic carbocycles. The van der Waals surface area contributed by atoms with Gasteiger partial charge in [-0.05, 0) is 37.5 Å². The third-order valence-corrected chi connectivity index (χ3v) is 4.88. The lowest BCUT2D eigenvalue weighted by Gasteiger charge is -2.29. The Bertz CT molecular complexity index is 710. The Labute approximate surface area is 186 Å². The topological polar surface area (TPSA) is 48.9 Å². The van der Waals surface area contributed by atoms with E-state index in [1.54, 1.807) is 6.07 Å². The number of nitrogens with one attached hydrogen (secondary N) is 2. The summed E-state index contributed by atoms with van der Waals surface area (Å²) in [6.07, 6.45) is 1.55. The van der Waals surface area contributed by atoms with Crippen molar-refractivity contribution in [3.8, 4) is 0 Å². The molecule has 3 rings (SSSR count). The Morgan fingerprint density at radius 1 is 1.21 bits per heavy atom.